The molecule has 0 unspecified atom stereocenters. The van der Waals surface area contributed by atoms with Gasteiger partial charge in [0.2, 0.25) is 0 Å². The van der Waals surface area contributed by atoms with Crippen molar-refractivity contribution in [1.82, 2.24) is 10.3 Å². The molecule has 3 nitrogen and oxygen atoms in total. The zero-order valence-electron chi connectivity index (χ0n) is 12.6. The van der Waals surface area contributed by atoms with Gasteiger partial charge in [-0.3, -0.25) is 4.98 Å². The summed E-state index contributed by atoms with van der Waals surface area (Å²) in [5.41, 5.74) is 5.00. The van der Waals surface area contributed by atoms with Crippen LogP contribution >= 0.6 is 0 Å². The SMILES string of the molecule is CCc1cccnc1CNCc1ccc(N(C)C)cc1. The second-order valence-corrected chi connectivity index (χ2v) is 5.13. The Morgan fingerprint density at radius 3 is 2.45 bits per heavy atom. The first-order chi connectivity index (χ1) is 9.70. The normalized spacial score (nSPS) is 10.6. The quantitative estimate of drug-likeness (QED) is 0.874. The fraction of sp³-hybridized carbons (Fsp3) is 0.353. The van der Waals surface area contributed by atoms with E-state index in [9.17, 15) is 0 Å². The van der Waals surface area contributed by atoms with Crippen LogP contribution < -0.4 is 10.2 Å². The molecule has 0 amide bonds. The molecule has 0 atom stereocenters. The number of aromatic nitrogens is 1. The second-order valence-electron chi connectivity index (χ2n) is 5.13. The Morgan fingerprint density at radius 1 is 1.05 bits per heavy atom. The first-order valence-corrected chi connectivity index (χ1v) is 7.10. The molecule has 0 saturated carbocycles. The van der Waals surface area contributed by atoms with E-state index < -0.39 is 0 Å². The van der Waals surface area contributed by atoms with Crippen LogP contribution in [0.4, 0.5) is 5.69 Å². The van der Waals surface area contributed by atoms with Gasteiger partial charge in [-0.05, 0) is 35.7 Å². The number of hydrogen-bond acceptors (Lipinski definition) is 3. The zero-order valence-corrected chi connectivity index (χ0v) is 12.6. The van der Waals surface area contributed by atoms with Gasteiger partial charge in [-0.25, -0.2) is 0 Å². The number of anilines is 1. The molecule has 0 radical (unpaired) electrons. The lowest BCUT2D eigenvalue weighted by atomic mass is 10.1. The molecule has 0 bridgehead atoms. The molecule has 1 aromatic carbocycles. The van der Waals surface area contributed by atoms with Crippen molar-refractivity contribution in [2.24, 2.45) is 0 Å². The fourth-order valence-electron chi connectivity index (χ4n) is 2.19. The van der Waals surface area contributed by atoms with E-state index in [-0.39, 0.29) is 0 Å². The van der Waals surface area contributed by atoms with Crippen molar-refractivity contribution in [1.29, 1.82) is 0 Å². The molecular formula is C17H23N3. The summed E-state index contributed by atoms with van der Waals surface area (Å²) in [6.45, 7) is 3.85. The summed E-state index contributed by atoms with van der Waals surface area (Å²) in [5.74, 6) is 0. The summed E-state index contributed by atoms with van der Waals surface area (Å²) in [4.78, 5) is 6.56. The van der Waals surface area contributed by atoms with Gasteiger partial charge in [0.05, 0.1) is 5.69 Å². The molecular weight excluding hydrogens is 246 g/mol. The van der Waals surface area contributed by atoms with Gasteiger partial charge in [0.15, 0.2) is 0 Å². The average Bonchev–Trinajstić information content (AvgIpc) is 2.48. The summed E-state index contributed by atoms with van der Waals surface area (Å²) in [6.07, 6.45) is 2.89. The maximum atomic E-state index is 4.45. The van der Waals surface area contributed by atoms with Crippen molar-refractivity contribution < 1.29 is 0 Å². The number of pyridine rings is 1. The van der Waals surface area contributed by atoms with Crippen molar-refractivity contribution >= 4 is 5.69 Å². The van der Waals surface area contributed by atoms with E-state index in [2.05, 4.69) is 66.6 Å². The molecule has 0 saturated heterocycles. The van der Waals surface area contributed by atoms with Gasteiger partial charge in [0, 0.05) is 39.1 Å². The van der Waals surface area contributed by atoms with Crippen LogP contribution in [0, 0.1) is 0 Å². The molecule has 0 aliphatic carbocycles. The van der Waals surface area contributed by atoms with Crippen LogP contribution in [-0.2, 0) is 19.5 Å². The lowest BCUT2D eigenvalue weighted by molar-refractivity contribution is 0.673. The van der Waals surface area contributed by atoms with Crippen LogP contribution in [0.1, 0.15) is 23.7 Å². The Balaban J connectivity index is 1.89. The summed E-state index contributed by atoms with van der Waals surface area (Å²) < 4.78 is 0. The van der Waals surface area contributed by atoms with Crippen LogP contribution in [0.25, 0.3) is 0 Å². The van der Waals surface area contributed by atoms with Crippen molar-refractivity contribution in [2.75, 3.05) is 19.0 Å². The number of benzene rings is 1. The van der Waals surface area contributed by atoms with Gasteiger partial charge in [-0.15, -0.1) is 0 Å². The highest BCUT2D eigenvalue weighted by atomic mass is 15.1. The summed E-state index contributed by atoms with van der Waals surface area (Å²) in [5, 5.41) is 3.47. The number of nitrogens with zero attached hydrogens (tertiary/aromatic N) is 2. The van der Waals surface area contributed by atoms with Crippen LogP contribution in [0.2, 0.25) is 0 Å². The highest BCUT2D eigenvalue weighted by Crippen LogP contribution is 2.12. The van der Waals surface area contributed by atoms with E-state index in [4.69, 9.17) is 0 Å². The molecule has 1 N–H and O–H groups in total. The summed E-state index contributed by atoms with van der Waals surface area (Å²) >= 11 is 0. The molecule has 1 aromatic heterocycles. The number of aryl methyl sites for hydroxylation is 1. The van der Waals surface area contributed by atoms with Crippen molar-refractivity contribution in [2.45, 2.75) is 26.4 Å². The monoisotopic (exact) mass is 269 g/mol. The molecule has 2 aromatic rings. The van der Waals surface area contributed by atoms with Crippen molar-refractivity contribution in [3.05, 3.63) is 59.4 Å². The molecule has 20 heavy (non-hydrogen) atoms. The lowest BCUT2D eigenvalue weighted by Gasteiger charge is -2.13. The van der Waals surface area contributed by atoms with Crippen molar-refractivity contribution in [3.63, 3.8) is 0 Å². The summed E-state index contributed by atoms with van der Waals surface area (Å²) in [6, 6.07) is 12.8. The maximum absolute atomic E-state index is 4.45. The van der Waals surface area contributed by atoms with Gasteiger partial charge in [-0.2, -0.15) is 0 Å². The van der Waals surface area contributed by atoms with Crippen molar-refractivity contribution in [3.8, 4) is 0 Å². The minimum atomic E-state index is 0.819. The zero-order chi connectivity index (χ0) is 14.4. The van der Waals surface area contributed by atoms with Crippen LogP contribution in [-0.4, -0.2) is 19.1 Å². The first kappa shape index (κ1) is 14.5. The Kier molecular flexibility index (Phi) is 5.13. The fourth-order valence-corrected chi connectivity index (χ4v) is 2.19. The van der Waals surface area contributed by atoms with Crippen LogP contribution in [0.15, 0.2) is 42.6 Å². The molecule has 106 valence electrons. The van der Waals surface area contributed by atoms with Gasteiger partial charge in [-0.1, -0.05) is 25.1 Å². The van der Waals surface area contributed by atoms with E-state index in [1.165, 1.54) is 16.8 Å². The van der Waals surface area contributed by atoms with Crippen LogP contribution in [0.5, 0.6) is 0 Å². The van der Waals surface area contributed by atoms with Gasteiger partial charge in [0.1, 0.15) is 0 Å². The van der Waals surface area contributed by atoms with Crippen LogP contribution in [0.3, 0.4) is 0 Å². The highest BCUT2D eigenvalue weighted by Gasteiger charge is 2.01. The molecule has 0 spiro atoms. The molecule has 2 rings (SSSR count). The topological polar surface area (TPSA) is 28.2 Å². The number of nitrogens with one attached hydrogen (secondary N) is 1. The lowest BCUT2D eigenvalue weighted by Crippen LogP contribution is -2.15. The van der Waals surface area contributed by atoms with E-state index >= 15 is 0 Å². The Labute approximate surface area is 121 Å². The van der Waals surface area contributed by atoms with E-state index in [1.807, 2.05) is 12.3 Å². The molecule has 0 aliphatic rings. The largest absolute Gasteiger partial charge is 0.378 e. The van der Waals surface area contributed by atoms with E-state index in [1.54, 1.807) is 0 Å². The molecule has 0 aliphatic heterocycles. The van der Waals surface area contributed by atoms with E-state index in [0.717, 1.165) is 25.2 Å². The third-order valence-corrected chi connectivity index (χ3v) is 3.44. The predicted octanol–water partition coefficient (Wildman–Crippen LogP) is 3.00. The van der Waals surface area contributed by atoms with Gasteiger partial charge < -0.3 is 10.2 Å². The molecule has 0 fully saturated rings. The molecule has 1 heterocycles. The Morgan fingerprint density at radius 2 is 1.80 bits per heavy atom. The minimum absolute atomic E-state index is 0.819. The standard InChI is InChI=1S/C17H23N3/c1-4-15-6-5-11-19-17(15)13-18-12-14-7-9-16(10-8-14)20(2)3/h5-11,18H,4,12-13H2,1-3H3. The first-order valence-electron chi connectivity index (χ1n) is 7.10. The smallest absolute Gasteiger partial charge is 0.0573 e. The number of hydrogen-bond donors (Lipinski definition) is 1. The van der Waals surface area contributed by atoms with Gasteiger partial charge in [0.25, 0.3) is 0 Å². The summed E-state index contributed by atoms with van der Waals surface area (Å²) in [7, 11) is 4.11. The number of rotatable bonds is 6. The Hall–Kier alpha value is -1.87. The predicted molar refractivity (Wildman–Crippen MR) is 84.9 cm³/mol. The molecule has 3 heteroatoms. The average molecular weight is 269 g/mol. The third-order valence-electron chi connectivity index (χ3n) is 3.44. The van der Waals surface area contributed by atoms with E-state index in [0.29, 0.717) is 0 Å². The van der Waals surface area contributed by atoms with Gasteiger partial charge >= 0.3 is 0 Å². The highest BCUT2D eigenvalue weighted by molar-refractivity contribution is 5.45. The maximum Gasteiger partial charge on any atom is 0.0573 e. The minimum Gasteiger partial charge on any atom is -0.378 e. The Bertz CT molecular complexity index is 532. The third kappa shape index (κ3) is 3.81. The second kappa shape index (κ2) is 7.06.